The van der Waals surface area contributed by atoms with Crippen molar-refractivity contribution in [3.63, 3.8) is 0 Å². The molecule has 0 aliphatic rings. The van der Waals surface area contributed by atoms with E-state index in [-0.39, 0.29) is 5.56 Å². The van der Waals surface area contributed by atoms with Gasteiger partial charge in [-0.05, 0) is 17.5 Å². The summed E-state index contributed by atoms with van der Waals surface area (Å²) in [5.74, 6) is 0.707. The molecular weight excluding hydrogens is 244 g/mol. The van der Waals surface area contributed by atoms with E-state index >= 15 is 0 Å². The third-order valence-electron chi connectivity index (χ3n) is 2.75. The van der Waals surface area contributed by atoms with Crippen LogP contribution in [0.5, 0.6) is 0 Å². The Bertz CT molecular complexity index is 580. The van der Waals surface area contributed by atoms with Gasteiger partial charge in [0.1, 0.15) is 5.82 Å². The van der Waals surface area contributed by atoms with Crippen molar-refractivity contribution in [1.29, 1.82) is 0 Å². The van der Waals surface area contributed by atoms with Crippen molar-refractivity contribution in [1.82, 2.24) is 4.98 Å². The van der Waals surface area contributed by atoms with E-state index in [1.54, 1.807) is 7.11 Å². The number of benzene rings is 1. The topological polar surface area (TPSA) is 63.4 Å². The number of anilines is 1. The summed E-state index contributed by atoms with van der Waals surface area (Å²) >= 11 is 0. The lowest BCUT2D eigenvalue weighted by Gasteiger charge is -2.08. The maximum atomic E-state index is 11.8. The zero-order valence-electron chi connectivity index (χ0n) is 10.9. The molecule has 5 nitrogen and oxygen atoms in total. The second kappa shape index (κ2) is 6.92. The van der Waals surface area contributed by atoms with Crippen LogP contribution in [0.2, 0.25) is 0 Å². The van der Waals surface area contributed by atoms with Gasteiger partial charge < -0.3 is 19.8 Å². The number of H-pyrrole nitrogens is 1. The molecule has 19 heavy (non-hydrogen) atoms. The summed E-state index contributed by atoms with van der Waals surface area (Å²) in [5, 5.41) is 4.76. The largest absolute Gasteiger partial charge is 0.382 e. The fraction of sp³-hybridized carbons (Fsp3) is 0.357. The van der Waals surface area contributed by atoms with Crippen molar-refractivity contribution in [2.75, 3.05) is 38.8 Å². The lowest BCUT2D eigenvalue weighted by atomic mass is 10.2. The highest BCUT2D eigenvalue weighted by Gasteiger charge is 2.00. The maximum absolute atomic E-state index is 11.8. The Hall–Kier alpha value is -1.85. The normalized spacial score (nSPS) is 10.8. The minimum absolute atomic E-state index is 0.0825. The number of ether oxygens (including phenoxy) is 2. The molecule has 1 heterocycles. The minimum Gasteiger partial charge on any atom is -0.382 e. The van der Waals surface area contributed by atoms with E-state index in [0.29, 0.717) is 37.6 Å². The third-order valence-corrected chi connectivity index (χ3v) is 2.75. The van der Waals surface area contributed by atoms with Crippen LogP contribution in [0.4, 0.5) is 5.82 Å². The van der Waals surface area contributed by atoms with E-state index < -0.39 is 0 Å². The molecule has 0 saturated heterocycles. The summed E-state index contributed by atoms with van der Waals surface area (Å²) in [6.07, 6.45) is 0. The molecule has 0 aliphatic heterocycles. The van der Waals surface area contributed by atoms with E-state index in [1.165, 1.54) is 0 Å². The highest BCUT2D eigenvalue weighted by atomic mass is 16.5. The lowest BCUT2D eigenvalue weighted by Crippen LogP contribution is -2.15. The minimum atomic E-state index is -0.0825. The summed E-state index contributed by atoms with van der Waals surface area (Å²) in [7, 11) is 1.64. The fourth-order valence-electron chi connectivity index (χ4n) is 1.81. The summed E-state index contributed by atoms with van der Waals surface area (Å²) in [6, 6.07) is 9.43. The molecule has 0 fully saturated rings. The van der Waals surface area contributed by atoms with Gasteiger partial charge in [-0.1, -0.05) is 18.2 Å². The Labute approximate surface area is 111 Å². The molecule has 0 bridgehead atoms. The van der Waals surface area contributed by atoms with Gasteiger partial charge in [-0.2, -0.15) is 0 Å². The van der Waals surface area contributed by atoms with Gasteiger partial charge in [0.25, 0.3) is 5.56 Å². The highest BCUT2D eigenvalue weighted by Crippen LogP contribution is 2.12. The number of fused-ring (bicyclic) bond motifs is 1. The molecule has 0 saturated carbocycles. The van der Waals surface area contributed by atoms with E-state index in [1.807, 2.05) is 30.3 Å². The smallest absolute Gasteiger partial charge is 0.257 e. The first-order valence-corrected chi connectivity index (χ1v) is 6.24. The average Bonchev–Trinajstić information content (AvgIpc) is 2.43. The predicted octanol–water partition coefficient (Wildman–Crippen LogP) is 1.60. The first-order chi connectivity index (χ1) is 9.31. The van der Waals surface area contributed by atoms with E-state index in [9.17, 15) is 4.79 Å². The molecule has 2 rings (SSSR count). The molecular formula is C14H18N2O3. The summed E-state index contributed by atoms with van der Waals surface area (Å²) < 4.78 is 10.2. The highest BCUT2D eigenvalue weighted by molar-refractivity contribution is 5.83. The molecule has 5 heteroatoms. The quantitative estimate of drug-likeness (QED) is 0.744. The van der Waals surface area contributed by atoms with Crippen molar-refractivity contribution < 1.29 is 9.47 Å². The zero-order valence-corrected chi connectivity index (χ0v) is 10.9. The van der Waals surface area contributed by atoms with Crippen LogP contribution in [-0.4, -0.2) is 38.5 Å². The molecule has 0 aliphatic carbocycles. The third kappa shape index (κ3) is 3.81. The number of aromatic amines is 1. The van der Waals surface area contributed by atoms with E-state index in [4.69, 9.17) is 9.47 Å². The monoisotopic (exact) mass is 262 g/mol. The van der Waals surface area contributed by atoms with E-state index in [2.05, 4.69) is 10.3 Å². The Balaban J connectivity index is 1.92. The number of pyridine rings is 1. The molecule has 1 aromatic heterocycles. The van der Waals surface area contributed by atoms with Gasteiger partial charge in [0.2, 0.25) is 0 Å². The van der Waals surface area contributed by atoms with Crippen LogP contribution in [0.3, 0.4) is 0 Å². The Morgan fingerprint density at radius 2 is 2.05 bits per heavy atom. The van der Waals surface area contributed by atoms with E-state index in [0.717, 1.165) is 5.39 Å². The number of nitrogens with one attached hydrogen (secondary N) is 2. The first kappa shape index (κ1) is 13.6. The summed E-state index contributed by atoms with van der Waals surface area (Å²) in [4.78, 5) is 14.6. The van der Waals surface area contributed by atoms with Crippen LogP contribution in [-0.2, 0) is 9.47 Å². The van der Waals surface area contributed by atoms with Crippen LogP contribution in [0, 0.1) is 0 Å². The van der Waals surface area contributed by atoms with Crippen molar-refractivity contribution in [3.8, 4) is 0 Å². The van der Waals surface area contributed by atoms with Crippen LogP contribution < -0.4 is 10.9 Å². The van der Waals surface area contributed by atoms with Crippen LogP contribution >= 0.6 is 0 Å². The van der Waals surface area contributed by atoms with Gasteiger partial charge in [-0.25, -0.2) is 0 Å². The molecule has 2 N–H and O–H groups in total. The molecule has 0 atom stereocenters. The second-order valence-corrected chi connectivity index (χ2v) is 4.13. The summed E-state index contributed by atoms with van der Waals surface area (Å²) in [6.45, 7) is 2.37. The number of hydrogen-bond acceptors (Lipinski definition) is 4. The Morgan fingerprint density at radius 1 is 1.21 bits per heavy atom. The van der Waals surface area contributed by atoms with Gasteiger partial charge in [0.15, 0.2) is 0 Å². The van der Waals surface area contributed by atoms with Crippen molar-refractivity contribution in [3.05, 3.63) is 40.7 Å². The predicted molar refractivity (Wildman–Crippen MR) is 75.8 cm³/mol. The number of aromatic nitrogens is 1. The molecule has 0 radical (unpaired) electrons. The van der Waals surface area contributed by atoms with Gasteiger partial charge in [-0.3, -0.25) is 4.79 Å². The molecule has 2 aromatic rings. The van der Waals surface area contributed by atoms with Crippen LogP contribution in [0.1, 0.15) is 0 Å². The zero-order chi connectivity index (χ0) is 13.5. The van der Waals surface area contributed by atoms with Crippen molar-refractivity contribution in [2.24, 2.45) is 0 Å². The summed E-state index contributed by atoms with van der Waals surface area (Å²) in [5.41, 5.74) is -0.0825. The SMILES string of the molecule is COCCOCCNc1cc2ccccc2c(=O)[nH]1. The number of hydrogen-bond donors (Lipinski definition) is 2. The molecule has 0 amide bonds. The van der Waals surface area contributed by atoms with Crippen molar-refractivity contribution in [2.45, 2.75) is 0 Å². The second-order valence-electron chi connectivity index (χ2n) is 4.13. The van der Waals surface area contributed by atoms with Gasteiger partial charge in [0.05, 0.1) is 19.8 Å². The van der Waals surface area contributed by atoms with Gasteiger partial charge in [0, 0.05) is 19.0 Å². The lowest BCUT2D eigenvalue weighted by molar-refractivity contribution is 0.0759. The number of methoxy groups -OCH3 is 1. The van der Waals surface area contributed by atoms with Gasteiger partial charge in [-0.15, -0.1) is 0 Å². The molecule has 0 unspecified atom stereocenters. The standard InChI is InChI=1S/C14H18N2O3/c1-18-8-9-19-7-6-15-13-10-11-4-2-3-5-12(11)14(17)16-13/h2-5,10H,6-9H2,1H3,(H2,15,16,17). The van der Waals surface area contributed by atoms with Crippen LogP contribution in [0.15, 0.2) is 35.1 Å². The maximum Gasteiger partial charge on any atom is 0.257 e. The molecule has 0 spiro atoms. The number of rotatable bonds is 7. The average molecular weight is 262 g/mol. The molecule has 102 valence electrons. The Morgan fingerprint density at radius 3 is 2.89 bits per heavy atom. The fourth-order valence-corrected chi connectivity index (χ4v) is 1.81. The van der Waals surface area contributed by atoms with Crippen molar-refractivity contribution >= 4 is 16.6 Å². The Kier molecular flexibility index (Phi) is 4.94. The molecule has 1 aromatic carbocycles. The first-order valence-electron chi connectivity index (χ1n) is 6.24. The van der Waals surface area contributed by atoms with Gasteiger partial charge >= 0.3 is 0 Å². The van der Waals surface area contributed by atoms with Crippen LogP contribution in [0.25, 0.3) is 10.8 Å².